The van der Waals surface area contributed by atoms with Crippen molar-refractivity contribution in [1.82, 2.24) is 4.90 Å². The summed E-state index contributed by atoms with van der Waals surface area (Å²) in [7, 11) is 0. The number of nitrogens with zero attached hydrogens (tertiary/aromatic N) is 2. The van der Waals surface area contributed by atoms with Crippen LogP contribution < -0.4 is 23.8 Å². The first-order valence-electron chi connectivity index (χ1n) is 11.0. The fourth-order valence-electron chi connectivity index (χ4n) is 4.35. The van der Waals surface area contributed by atoms with Crippen LogP contribution in [0.4, 0.5) is 5.69 Å². The van der Waals surface area contributed by atoms with Crippen molar-refractivity contribution in [3.8, 4) is 23.0 Å². The zero-order valence-electron chi connectivity index (χ0n) is 18.0. The molecule has 2 atom stereocenters. The van der Waals surface area contributed by atoms with Crippen LogP contribution in [0.15, 0.2) is 42.5 Å². The van der Waals surface area contributed by atoms with Gasteiger partial charge in [0.1, 0.15) is 19.8 Å². The van der Waals surface area contributed by atoms with E-state index in [0.717, 1.165) is 11.4 Å². The molecule has 0 radical (unpaired) electrons. The van der Waals surface area contributed by atoms with E-state index in [1.54, 1.807) is 9.80 Å². The number of fused-ring (bicyclic) bond motifs is 2. The highest BCUT2D eigenvalue weighted by molar-refractivity contribution is 6.00. The number of hydrogen-bond acceptors (Lipinski definition) is 6. The van der Waals surface area contributed by atoms with Crippen molar-refractivity contribution in [3.05, 3.63) is 42.5 Å². The highest BCUT2D eigenvalue weighted by Gasteiger charge is 2.38. The number of ether oxygens (including phenoxy) is 4. The van der Waals surface area contributed by atoms with E-state index in [0.29, 0.717) is 56.7 Å². The van der Waals surface area contributed by atoms with Crippen LogP contribution in [0.3, 0.4) is 0 Å². The van der Waals surface area contributed by atoms with Gasteiger partial charge in [-0.15, -0.1) is 0 Å². The molecule has 2 amide bonds. The highest BCUT2D eigenvalue weighted by atomic mass is 16.6. The maximum absolute atomic E-state index is 13.3. The molecule has 32 heavy (non-hydrogen) atoms. The van der Waals surface area contributed by atoms with E-state index in [9.17, 15) is 9.59 Å². The fraction of sp³-hybridized carbons (Fsp3) is 0.417. The molecule has 2 aromatic carbocycles. The minimum absolute atomic E-state index is 0.0386. The van der Waals surface area contributed by atoms with Gasteiger partial charge in [-0.05, 0) is 31.2 Å². The maximum Gasteiger partial charge on any atom is 0.228 e. The van der Waals surface area contributed by atoms with Crippen molar-refractivity contribution in [1.29, 1.82) is 0 Å². The third-order valence-electron chi connectivity index (χ3n) is 6.00. The highest BCUT2D eigenvalue weighted by Crippen LogP contribution is 2.36. The predicted octanol–water partition coefficient (Wildman–Crippen LogP) is 2.50. The second kappa shape index (κ2) is 8.61. The van der Waals surface area contributed by atoms with Gasteiger partial charge in [-0.3, -0.25) is 9.59 Å². The minimum Gasteiger partial charge on any atom is -0.486 e. The third kappa shape index (κ3) is 3.92. The van der Waals surface area contributed by atoms with E-state index < -0.39 is 5.92 Å². The molecule has 2 aromatic rings. The first-order valence-corrected chi connectivity index (χ1v) is 11.0. The van der Waals surface area contributed by atoms with Crippen molar-refractivity contribution < 1.29 is 28.5 Å². The Kier molecular flexibility index (Phi) is 5.51. The van der Waals surface area contributed by atoms with E-state index in [2.05, 4.69) is 0 Å². The van der Waals surface area contributed by atoms with E-state index in [4.69, 9.17) is 18.9 Å². The standard InChI is InChI=1S/C24H26N2O6/c1-2-25(14-18-15-31-19-5-3-4-6-21(19)32-18)24(28)16-11-23(27)26(13-16)17-7-8-20-22(12-17)30-10-9-29-20/h3-8,12,16,18H,2,9-11,13-15H2,1H3/t16-,18+/m0/s1. The second-order valence-electron chi connectivity index (χ2n) is 8.11. The molecule has 3 aliphatic rings. The molecule has 0 unspecified atom stereocenters. The number of anilines is 1. The Morgan fingerprint density at radius 2 is 1.78 bits per heavy atom. The summed E-state index contributed by atoms with van der Waals surface area (Å²) in [5.41, 5.74) is 0.721. The Hall–Kier alpha value is -3.42. The van der Waals surface area contributed by atoms with Gasteiger partial charge in [0.15, 0.2) is 29.1 Å². The van der Waals surface area contributed by atoms with Crippen LogP contribution in [0.1, 0.15) is 13.3 Å². The van der Waals surface area contributed by atoms with Crippen molar-refractivity contribution in [2.75, 3.05) is 44.4 Å². The molecule has 8 nitrogen and oxygen atoms in total. The van der Waals surface area contributed by atoms with Gasteiger partial charge in [0.2, 0.25) is 11.8 Å². The lowest BCUT2D eigenvalue weighted by atomic mass is 10.1. The van der Waals surface area contributed by atoms with Crippen LogP contribution >= 0.6 is 0 Å². The summed E-state index contributed by atoms with van der Waals surface area (Å²) in [6.07, 6.45) is -0.0611. The summed E-state index contributed by atoms with van der Waals surface area (Å²) in [5, 5.41) is 0. The van der Waals surface area contributed by atoms with E-state index in [1.807, 2.05) is 49.4 Å². The molecule has 3 heterocycles. The lowest BCUT2D eigenvalue weighted by molar-refractivity contribution is -0.137. The Morgan fingerprint density at radius 3 is 2.59 bits per heavy atom. The zero-order valence-corrected chi connectivity index (χ0v) is 18.0. The lowest BCUT2D eigenvalue weighted by Crippen LogP contribution is -2.46. The monoisotopic (exact) mass is 438 g/mol. The molecule has 3 aliphatic heterocycles. The van der Waals surface area contributed by atoms with Gasteiger partial charge in [-0.25, -0.2) is 0 Å². The summed E-state index contributed by atoms with van der Waals surface area (Å²) in [4.78, 5) is 29.4. The number of benzene rings is 2. The number of rotatable bonds is 5. The van der Waals surface area contributed by atoms with Crippen LogP contribution in [0.2, 0.25) is 0 Å². The zero-order chi connectivity index (χ0) is 22.1. The average molecular weight is 438 g/mol. The molecule has 0 spiro atoms. The van der Waals surface area contributed by atoms with Gasteiger partial charge in [0.05, 0.1) is 12.5 Å². The molecule has 0 saturated carbocycles. The van der Waals surface area contributed by atoms with E-state index in [1.165, 1.54) is 0 Å². The average Bonchev–Trinajstić information content (AvgIpc) is 3.23. The number of hydrogen-bond donors (Lipinski definition) is 0. The number of carbonyl (C=O) groups excluding carboxylic acids is 2. The van der Waals surface area contributed by atoms with Crippen LogP contribution in [0.25, 0.3) is 0 Å². The Labute approximate surface area is 186 Å². The van der Waals surface area contributed by atoms with Crippen molar-refractivity contribution >= 4 is 17.5 Å². The quantitative estimate of drug-likeness (QED) is 0.714. The van der Waals surface area contributed by atoms with Crippen LogP contribution in [-0.2, 0) is 9.59 Å². The van der Waals surface area contributed by atoms with Gasteiger partial charge in [-0.2, -0.15) is 0 Å². The number of amides is 2. The van der Waals surface area contributed by atoms with Gasteiger partial charge in [0, 0.05) is 31.3 Å². The summed E-state index contributed by atoms with van der Waals surface area (Å²) in [6.45, 7) is 4.61. The second-order valence-corrected chi connectivity index (χ2v) is 8.11. The van der Waals surface area contributed by atoms with Crippen molar-refractivity contribution in [2.45, 2.75) is 19.4 Å². The number of carbonyl (C=O) groups is 2. The Morgan fingerprint density at radius 1 is 1.03 bits per heavy atom. The molecule has 0 N–H and O–H groups in total. The molecule has 0 bridgehead atoms. The van der Waals surface area contributed by atoms with Crippen molar-refractivity contribution in [3.63, 3.8) is 0 Å². The van der Waals surface area contributed by atoms with Crippen LogP contribution in [0.5, 0.6) is 23.0 Å². The molecular formula is C24H26N2O6. The topological polar surface area (TPSA) is 77.5 Å². The first-order chi connectivity index (χ1) is 15.6. The molecule has 168 valence electrons. The molecule has 1 saturated heterocycles. The SMILES string of the molecule is CCN(C[C@@H]1COc2ccccc2O1)C(=O)[C@H]1CC(=O)N(c2ccc3c(c2)OCCO3)C1. The van der Waals surface area contributed by atoms with Gasteiger partial charge >= 0.3 is 0 Å². The van der Waals surface area contributed by atoms with Gasteiger partial charge < -0.3 is 28.7 Å². The summed E-state index contributed by atoms with van der Waals surface area (Å²) < 4.78 is 23.0. The maximum atomic E-state index is 13.3. The molecular weight excluding hydrogens is 412 g/mol. The first kappa shape index (κ1) is 20.5. The molecule has 1 fully saturated rings. The Bertz CT molecular complexity index is 1030. The van der Waals surface area contributed by atoms with Crippen LogP contribution in [0, 0.1) is 5.92 Å². The largest absolute Gasteiger partial charge is 0.486 e. The molecule has 8 heteroatoms. The molecule has 0 aliphatic carbocycles. The van der Waals surface area contributed by atoms with E-state index in [-0.39, 0.29) is 24.3 Å². The fourth-order valence-corrected chi connectivity index (χ4v) is 4.35. The van der Waals surface area contributed by atoms with Crippen LogP contribution in [-0.4, -0.2) is 62.3 Å². The molecule has 0 aromatic heterocycles. The third-order valence-corrected chi connectivity index (χ3v) is 6.00. The normalized spacial score (nSPS) is 21.4. The Balaban J connectivity index is 1.24. The number of para-hydroxylation sites is 2. The summed E-state index contributed by atoms with van der Waals surface area (Å²) in [6, 6.07) is 13.0. The smallest absolute Gasteiger partial charge is 0.228 e. The lowest BCUT2D eigenvalue weighted by Gasteiger charge is -2.32. The van der Waals surface area contributed by atoms with Gasteiger partial charge in [0.25, 0.3) is 0 Å². The molecule has 5 rings (SSSR count). The van der Waals surface area contributed by atoms with Gasteiger partial charge in [-0.1, -0.05) is 12.1 Å². The van der Waals surface area contributed by atoms with E-state index >= 15 is 0 Å². The predicted molar refractivity (Wildman–Crippen MR) is 116 cm³/mol. The minimum atomic E-state index is -0.396. The summed E-state index contributed by atoms with van der Waals surface area (Å²) >= 11 is 0. The summed E-state index contributed by atoms with van der Waals surface area (Å²) in [5.74, 6) is 2.20. The number of likely N-dealkylation sites (N-methyl/N-ethyl adjacent to an activating group) is 1. The van der Waals surface area contributed by atoms with Crippen molar-refractivity contribution in [2.24, 2.45) is 5.92 Å².